The number of nitrogens with one attached hydrogen (secondary N) is 2. The van der Waals surface area contributed by atoms with Crippen molar-refractivity contribution in [3.63, 3.8) is 0 Å². The van der Waals surface area contributed by atoms with Crippen molar-refractivity contribution in [1.82, 2.24) is 10.0 Å². The van der Waals surface area contributed by atoms with Gasteiger partial charge in [0.1, 0.15) is 0 Å². The molecule has 1 amide bonds. The number of halogens is 1. The third kappa shape index (κ3) is 6.73. The second kappa shape index (κ2) is 11.0. The first kappa shape index (κ1) is 23.7. The van der Waals surface area contributed by atoms with Gasteiger partial charge in [-0.1, -0.05) is 17.7 Å². The monoisotopic (exact) mass is 495 g/mol. The van der Waals surface area contributed by atoms with Crippen LogP contribution in [-0.4, -0.2) is 40.6 Å². The number of rotatable bonds is 10. The van der Waals surface area contributed by atoms with Crippen LogP contribution in [0, 0.1) is 18.3 Å². The van der Waals surface area contributed by atoms with Gasteiger partial charge >= 0.3 is 0 Å². The Labute approximate surface area is 184 Å². The number of hydrogen-bond donors (Lipinski definition) is 2. The molecule has 2 N–H and O–H groups in total. The Balaban J connectivity index is 1.84. The molecule has 0 spiro atoms. The van der Waals surface area contributed by atoms with E-state index in [0.29, 0.717) is 28.1 Å². The van der Waals surface area contributed by atoms with Crippen molar-refractivity contribution < 1.29 is 22.7 Å². The number of amides is 1. The van der Waals surface area contributed by atoms with E-state index >= 15 is 0 Å². The number of benzene rings is 2. The van der Waals surface area contributed by atoms with E-state index in [9.17, 15) is 13.2 Å². The lowest BCUT2D eigenvalue weighted by atomic mass is 10.2. The fraction of sp³-hybridized carbons (Fsp3) is 0.300. The lowest BCUT2D eigenvalue weighted by Crippen LogP contribution is -2.36. The summed E-state index contributed by atoms with van der Waals surface area (Å²) < 4.78 is 38.3. The van der Waals surface area contributed by atoms with Crippen LogP contribution in [0.1, 0.15) is 18.1 Å². The molecule has 0 fully saturated rings. The van der Waals surface area contributed by atoms with Crippen LogP contribution in [0.5, 0.6) is 11.5 Å². The van der Waals surface area contributed by atoms with Gasteiger partial charge in [0.25, 0.3) is 5.91 Å². The van der Waals surface area contributed by atoms with Crippen LogP contribution in [-0.2, 0) is 14.8 Å². The van der Waals surface area contributed by atoms with Crippen molar-refractivity contribution in [1.29, 1.82) is 5.26 Å². The third-order valence-electron chi connectivity index (χ3n) is 3.86. The highest BCUT2D eigenvalue weighted by Crippen LogP contribution is 2.36. The van der Waals surface area contributed by atoms with Gasteiger partial charge in [-0.05, 0) is 48.0 Å². The number of nitrogens with zero attached hydrogens (tertiary/aromatic N) is 1. The van der Waals surface area contributed by atoms with Crippen LogP contribution in [0.25, 0.3) is 0 Å². The fourth-order valence-electron chi connectivity index (χ4n) is 2.41. The predicted molar refractivity (Wildman–Crippen MR) is 115 cm³/mol. The Bertz CT molecular complexity index is 1030. The minimum absolute atomic E-state index is 0.0344. The molecular formula is C20H22BrN3O5S. The Hall–Kier alpha value is -2.61. The van der Waals surface area contributed by atoms with Gasteiger partial charge in [-0.3, -0.25) is 4.79 Å². The first-order chi connectivity index (χ1) is 14.3. The maximum atomic E-state index is 12.2. The number of hydrogen-bond acceptors (Lipinski definition) is 6. The summed E-state index contributed by atoms with van der Waals surface area (Å²) in [6, 6.07) is 11.6. The van der Waals surface area contributed by atoms with Crippen molar-refractivity contribution in [2.24, 2.45) is 0 Å². The second-order valence-electron chi connectivity index (χ2n) is 6.18. The molecule has 2 aromatic carbocycles. The van der Waals surface area contributed by atoms with E-state index in [1.807, 2.05) is 13.0 Å². The van der Waals surface area contributed by atoms with Crippen LogP contribution < -0.4 is 19.5 Å². The van der Waals surface area contributed by atoms with E-state index < -0.39 is 15.9 Å². The largest absolute Gasteiger partial charge is 0.490 e. The molecule has 0 radical (unpaired) electrons. The lowest BCUT2D eigenvalue weighted by molar-refractivity contribution is -0.123. The molecule has 8 nitrogen and oxygen atoms in total. The maximum absolute atomic E-state index is 12.2. The highest BCUT2D eigenvalue weighted by atomic mass is 79.9. The van der Waals surface area contributed by atoms with Gasteiger partial charge in [-0.15, -0.1) is 0 Å². The molecule has 0 heterocycles. The topological polar surface area (TPSA) is 118 Å². The Morgan fingerprint density at radius 3 is 2.50 bits per heavy atom. The summed E-state index contributed by atoms with van der Waals surface area (Å²) in [5.41, 5.74) is 1.35. The maximum Gasteiger partial charge on any atom is 0.257 e. The average molecular weight is 496 g/mol. The number of ether oxygens (including phenoxy) is 2. The van der Waals surface area contributed by atoms with E-state index in [-0.39, 0.29) is 24.6 Å². The van der Waals surface area contributed by atoms with Crippen molar-refractivity contribution in [2.45, 2.75) is 18.7 Å². The van der Waals surface area contributed by atoms with Crippen molar-refractivity contribution in [2.75, 3.05) is 26.3 Å². The molecule has 2 rings (SSSR count). The first-order valence-corrected chi connectivity index (χ1v) is 11.4. The molecule has 0 atom stereocenters. The summed E-state index contributed by atoms with van der Waals surface area (Å²) in [4.78, 5) is 12.2. The summed E-state index contributed by atoms with van der Waals surface area (Å²) in [5.74, 6) is 0.233. The lowest BCUT2D eigenvalue weighted by Gasteiger charge is -2.14. The van der Waals surface area contributed by atoms with Crippen molar-refractivity contribution in [3.8, 4) is 17.6 Å². The SMILES string of the molecule is CCOc1cc(C#N)cc(Br)c1OCC(=O)NCCNS(=O)(=O)c1ccc(C)cc1. The van der Waals surface area contributed by atoms with Crippen molar-refractivity contribution in [3.05, 3.63) is 52.0 Å². The first-order valence-electron chi connectivity index (χ1n) is 9.09. The van der Waals surface area contributed by atoms with Crippen LogP contribution in [0.3, 0.4) is 0 Å². The normalized spacial score (nSPS) is 10.9. The molecule has 0 saturated heterocycles. The molecule has 0 aliphatic rings. The predicted octanol–water partition coefficient (Wildman–Crippen LogP) is 2.50. The minimum Gasteiger partial charge on any atom is -0.490 e. The minimum atomic E-state index is -3.64. The van der Waals surface area contributed by atoms with E-state index in [1.54, 1.807) is 25.1 Å². The van der Waals surface area contributed by atoms with Gasteiger partial charge in [0.05, 0.1) is 27.6 Å². The molecule has 0 unspecified atom stereocenters. The van der Waals surface area contributed by atoms with Gasteiger partial charge in [0, 0.05) is 19.2 Å². The van der Waals surface area contributed by atoms with Crippen molar-refractivity contribution >= 4 is 31.9 Å². The number of sulfonamides is 1. The van der Waals surface area contributed by atoms with Crippen LogP contribution in [0.4, 0.5) is 0 Å². The molecule has 0 aliphatic carbocycles. The summed E-state index contributed by atoms with van der Waals surface area (Å²) in [7, 11) is -3.64. The Kier molecular flexibility index (Phi) is 8.65. The number of carbonyl (C=O) groups is 1. The summed E-state index contributed by atoms with van der Waals surface area (Å²) >= 11 is 3.31. The van der Waals surface area contributed by atoms with E-state index in [2.05, 4.69) is 26.0 Å². The molecule has 30 heavy (non-hydrogen) atoms. The molecule has 0 aromatic heterocycles. The molecule has 10 heteroatoms. The van der Waals surface area contributed by atoms with Gasteiger partial charge in [0.15, 0.2) is 18.1 Å². The molecule has 160 valence electrons. The second-order valence-corrected chi connectivity index (χ2v) is 8.80. The average Bonchev–Trinajstić information content (AvgIpc) is 2.71. The Morgan fingerprint density at radius 1 is 1.17 bits per heavy atom. The van der Waals surface area contributed by atoms with Gasteiger partial charge in [-0.2, -0.15) is 5.26 Å². The summed E-state index contributed by atoms with van der Waals surface area (Å²) in [6.45, 7) is 3.86. The van der Waals surface area contributed by atoms with Crippen LogP contribution in [0.15, 0.2) is 45.8 Å². The molecule has 0 saturated carbocycles. The third-order valence-corrected chi connectivity index (χ3v) is 5.92. The highest BCUT2D eigenvalue weighted by molar-refractivity contribution is 9.10. The van der Waals surface area contributed by atoms with Crippen LogP contribution in [0.2, 0.25) is 0 Å². The van der Waals surface area contributed by atoms with E-state index in [4.69, 9.17) is 14.7 Å². The Morgan fingerprint density at radius 2 is 1.87 bits per heavy atom. The molecular weight excluding hydrogens is 474 g/mol. The fourth-order valence-corrected chi connectivity index (χ4v) is 4.00. The smallest absolute Gasteiger partial charge is 0.257 e. The highest BCUT2D eigenvalue weighted by Gasteiger charge is 2.15. The standard InChI is InChI=1S/C20H22BrN3O5S/c1-3-28-18-11-15(12-22)10-17(21)20(18)29-13-19(25)23-8-9-24-30(26,27)16-6-4-14(2)5-7-16/h4-7,10-11,24H,3,8-9,13H2,1-2H3,(H,23,25). The van der Waals surface area contributed by atoms with Gasteiger partial charge < -0.3 is 14.8 Å². The van der Waals surface area contributed by atoms with E-state index in [1.165, 1.54) is 18.2 Å². The van der Waals surface area contributed by atoms with Gasteiger partial charge in [0.2, 0.25) is 10.0 Å². The summed E-state index contributed by atoms with van der Waals surface area (Å²) in [5, 5.41) is 11.6. The quantitative estimate of drug-likeness (QED) is 0.489. The molecule has 0 bridgehead atoms. The summed E-state index contributed by atoms with van der Waals surface area (Å²) in [6.07, 6.45) is 0. The number of aryl methyl sites for hydroxylation is 1. The zero-order chi connectivity index (χ0) is 22.1. The number of nitriles is 1. The van der Waals surface area contributed by atoms with Gasteiger partial charge in [-0.25, -0.2) is 13.1 Å². The zero-order valence-electron chi connectivity index (χ0n) is 16.6. The zero-order valence-corrected chi connectivity index (χ0v) is 19.0. The molecule has 0 aliphatic heterocycles. The van der Waals surface area contributed by atoms with E-state index in [0.717, 1.165) is 5.56 Å². The van der Waals surface area contributed by atoms with Crippen LogP contribution >= 0.6 is 15.9 Å². The number of carbonyl (C=O) groups excluding carboxylic acids is 1. The molecule has 2 aromatic rings.